The zero-order valence-electron chi connectivity index (χ0n) is 45.1. The summed E-state index contributed by atoms with van der Waals surface area (Å²) in [6, 6.07) is 17.3. The highest BCUT2D eigenvalue weighted by Crippen LogP contribution is 2.33. The normalized spacial score (nSPS) is 18.6. The van der Waals surface area contributed by atoms with Gasteiger partial charge in [0, 0.05) is 86.8 Å². The molecule has 0 spiro atoms. The van der Waals surface area contributed by atoms with Crippen molar-refractivity contribution in [2.24, 2.45) is 11.3 Å². The van der Waals surface area contributed by atoms with Crippen molar-refractivity contribution in [1.82, 2.24) is 40.3 Å². The number of piperidine rings is 1. The number of fused-ring (bicyclic) bond motifs is 1. The summed E-state index contributed by atoms with van der Waals surface area (Å²) >= 11 is 1.57. The Morgan fingerprint density at radius 1 is 0.900 bits per heavy atom. The fourth-order valence-electron chi connectivity index (χ4n) is 10.8. The second-order valence-electron chi connectivity index (χ2n) is 22.2. The Kier molecular flexibility index (Phi) is 17.8. The number of pyridine rings is 1. The summed E-state index contributed by atoms with van der Waals surface area (Å²) in [7, 11) is -4.38. The molecule has 4 atom stereocenters. The minimum atomic E-state index is -4.38. The number of benzene rings is 3. The molecular formula is C57H68F2N10O9S2. The first-order chi connectivity index (χ1) is 38.1. The number of likely N-dealkylation sites (tertiary alicyclic amines) is 2. The number of aliphatic hydroxyl groups excluding tert-OH is 3. The van der Waals surface area contributed by atoms with E-state index >= 15 is 8.78 Å². The molecule has 3 saturated heterocycles. The number of aromatic nitrogens is 3. The van der Waals surface area contributed by atoms with Gasteiger partial charge in [-0.2, -0.15) is 0 Å². The third-order valence-corrected chi connectivity index (χ3v) is 17.6. The van der Waals surface area contributed by atoms with Crippen LogP contribution < -0.4 is 20.3 Å². The van der Waals surface area contributed by atoms with Gasteiger partial charge in [0.2, 0.25) is 33.5 Å². The first kappa shape index (κ1) is 57.9. The van der Waals surface area contributed by atoms with E-state index in [4.69, 9.17) is 5.11 Å². The van der Waals surface area contributed by atoms with Crippen molar-refractivity contribution in [3.63, 3.8) is 0 Å². The molecule has 3 aliphatic rings. The molecule has 0 bridgehead atoms. The second-order valence-corrected chi connectivity index (χ2v) is 24.8. The number of piperazine rings is 1. The number of sulfonamides is 1. The van der Waals surface area contributed by atoms with Gasteiger partial charge in [0.25, 0.3) is 0 Å². The van der Waals surface area contributed by atoms with Crippen molar-refractivity contribution in [1.29, 1.82) is 0 Å². The first-order valence-corrected chi connectivity index (χ1v) is 29.3. The summed E-state index contributed by atoms with van der Waals surface area (Å²) < 4.78 is 57.6. The van der Waals surface area contributed by atoms with Gasteiger partial charge in [-0.3, -0.25) is 33.7 Å². The number of ketones is 1. The number of aromatic amines is 1. The molecule has 1 unspecified atom stereocenters. The molecule has 3 amide bonds. The number of nitrogens with zero attached hydrogens (tertiary/aromatic N) is 6. The molecule has 80 heavy (non-hydrogen) atoms. The van der Waals surface area contributed by atoms with E-state index in [1.54, 1.807) is 23.6 Å². The van der Waals surface area contributed by atoms with Gasteiger partial charge in [0.05, 0.1) is 58.4 Å². The summed E-state index contributed by atoms with van der Waals surface area (Å²) in [5.41, 5.74) is 5.06. The molecule has 3 aromatic heterocycles. The van der Waals surface area contributed by atoms with E-state index in [9.17, 15) is 37.8 Å². The minimum Gasteiger partial charge on any atom is -0.394 e. The fourth-order valence-corrected chi connectivity index (χ4v) is 12.8. The summed E-state index contributed by atoms with van der Waals surface area (Å²) in [5, 5.41) is 35.6. The fraction of sp³-hybridized carbons (Fsp3) is 0.439. The van der Waals surface area contributed by atoms with Gasteiger partial charge in [-0.15, -0.1) is 11.3 Å². The van der Waals surface area contributed by atoms with Gasteiger partial charge in [-0.05, 0) is 91.2 Å². The Morgan fingerprint density at radius 2 is 1.60 bits per heavy atom. The number of β-amino-alcohol motifs (C(OH)–C–C–N with tert-alkyl or cyclic N) is 1. The van der Waals surface area contributed by atoms with E-state index < -0.39 is 86.7 Å². The molecule has 9 rings (SSSR count). The maximum atomic E-state index is 15.7. The predicted molar refractivity (Wildman–Crippen MR) is 301 cm³/mol. The highest BCUT2D eigenvalue weighted by molar-refractivity contribution is 7.92. The van der Waals surface area contributed by atoms with Gasteiger partial charge in [-0.25, -0.2) is 27.2 Å². The van der Waals surface area contributed by atoms with Crippen LogP contribution in [0.15, 0.2) is 84.6 Å². The highest BCUT2D eigenvalue weighted by atomic mass is 32.2. The molecule has 19 nitrogen and oxygen atoms in total. The number of H-pyrrole nitrogens is 1. The smallest absolute Gasteiger partial charge is 0.246 e. The van der Waals surface area contributed by atoms with Crippen molar-refractivity contribution in [2.45, 2.75) is 77.8 Å². The minimum absolute atomic E-state index is 0.00206. The second kappa shape index (κ2) is 24.6. The van der Waals surface area contributed by atoms with E-state index in [1.165, 1.54) is 11.1 Å². The van der Waals surface area contributed by atoms with Crippen molar-refractivity contribution < 1.29 is 51.7 Å². The topological polar surface area (TPSA) is 254 Å². The van der Waals surface area contributed by atoms with Crippen molar-refractivity contribution in [2.75, 3.05) is 80.9 Å². The van der Waals surface area contributed by atoms with E-state index in [2.05, 4.69) is 40.3 Å². The highest BCUT2D eigenvalue weighted by Gasteiger charge is 2.45. The Morgan fingerprint density at radius 3 is 2.26 bits per heavy atom. The SMILES string of the molecule is Cc1ncsc1-c1ccc(CNC(=O)[C@@H]2C[C@@H](O)CN2C(=O)[C@@H](NC(=O)CN2CCC(CN3CCN(c4ccc(-c5cnc6[nH]cc(C(=O)c7c(F)ccc(NS(=O)(=O)CC(O)CO)c7F)c6c5)cc4)CC3)CC2)C(C)(C)C)cc1. The third-order valence-electron chi connectivity index (χ3n) is 15.2. The average molecular weight is 1140 g/mol. The molecule has 0 aliphatic carbocycles. The molecule has 6 aromatic rings. The van der Waals surface area contributed by atoms with E-state index in [0.29, 0.717) is 22.5 Å². The van der Waals surface area contributed by atoms with Crippen molar-refractivity contribution in [3.05, 3.63) is 119 Å². The standard InChI is InChI=1S/C57H68F2N10O9S2/c1-34-52(79-33-63-34)38-7-5-35(6-8-38)25-62-55(75)47-24-41(71)29-69(47)56(76)53(57(2,3)4)64-48(73)30-66-17-15-36(16-18-66)28-67-19-21-68(22-20-67)40-11-9-37(10-12-40)39-23-43-44(27-61-54(43)60-26-39)51(74)49-45(58)13-14-46(50(49)59)65-80(77,78)32-42(72)31-70/h5-14,23,26-27,33,36,41-42,47,53,65,70-72H,15-22,24-25,28-32H2,1-4H3,(H,60,61)(H,62,75)(H,64,73)/t41-,42?,47+,53-/m1/s1. The van der Waals surface area contributed by atoms with E-state index in [0.717, 1.165) is 104 Å². The number of anilines is 2. The summed E-state index contributed by atoms with van der Waals surface area (Å²) in [4.78, 5) is 76.3. The predicted octanol–water partition coefficient (Wildman–Crippen LogP) is 4.91. The maximum Gasteiger partial charge on any atom is 0.246 e. The monoisotopic (exact) mass is 1140 g/mol. The largest absolute Gasteiger partial charge is 0.394 e. The molecule has 23 heteroatoms. The first-order valence-electron chi connectivity index (χ1n) is 26.8. The number of aliphatic hydroxyl groups is 3. The molecule has 6 heterocycles. The third kappa shape index (κ3) is 13.5. The van der Waals surface area contributed by atoms with Gasteiger partial charge >= 0.3 is 0 Å². The summed E-state index contributed by atoms with van der Waals surface area (Å²) in [5.74, 6) is -5.19. The van der Waals surface area contributed by atoms with Crippen LogP contribution in [0.3, 0.4) is 0 Å². The zero-order chi connectivity index (χ0) is 57.0. The molecular weight excluding hydrogens is 1070 g/mol. The van der Waals surface area contributed by atoms with Gasteiger partial charge in [-0.1, -0.05) is 57.2 Å². The van der Waals surface area contributed by atoms with Crippen LogP contribution in [0.5, 0.6) is 0 Å². The number of hydrogen-bond acceptors (Lipinski definition) is 15. The Labute approximate surface area is 467 Å². The Balaban J connectivity index is 0.729. The van der Waals surface area contributed by atoms with Crippen LogP contribution in [0.4, 0.5) is 20.2 Å². The summed E-state index contributed by atoms with van der Waals surface area (Å²) in [6.07, 6.45) is 2.37. The van der Waals surface area contributed by atoms with Crippen LogP contribution >= 0.6 is 11.3 Å². The zero-order valence-corrected chi connectivity index (χ0v) is 46.8. The van der Waals surface area contributed by atoms with Crippen LogP contribution in [0, 0.1) is 29.9 Å². The Hall–Kier alpha value is -6.73. The van der Waals surface area contributed by atoms with Gasteiger partial charge in [0.15, 0.2) is 5.82 Å². The van der Waals surface area contributed by atoms with E-state index in [1.807, 2.05) is 86.5 Å². The molecule has 3 aliphatic heterocycles. The number of amides is 3. The van der Waals surface area contributed by atoms with Gasteiger partial charge < -0.3 is 40.7 Å². The van der Waals surface area contributed by atoms with Crippen molar-refractivity contribution in [3.8, 4) is 21.6 Å². The number of hydrogen-bond donors (Lipinski definition) is 7. The maximum absolute atomic E-state index is 15.7. The number of rotatable bonds is 19. The lowest BCUT2D eigenvalue weighted by molar-refractivity contribution is -0.144. The number of carbonyl (C=O) groups excluding carboxylic acids is 4. The molecule has 0 radical (unpaired) electrons. The van der Waals surface area contributed by atoms with E-state index in [-0.39, 0.29) is 43.4 Å². The van der Waals surface area contributed by atoms with Gasteiger partial charge in [0.1, 0.15) is 23.5 Å². The number of halogens is 2. The lowest BCUT2D eigenvalue weighted by Crippen LogP contribution is -2.59. The number of carbonyl (C=O) groups is 4. The molecule has 3 aromatic carbocycles. The van der Waals surface area contributed by atoms with Crippen LogP contribution in [0.2, 0.25) is 0 Å². The van der Waals surface area contributed by atoms with Crippen LogP contribution in [-0.4, -0.2) is 172 Å². The van der Waals surface area contributed by atoms with Crippen LogP contribution in [0.1, 0.15) is 67.2 Å². The van der Waals surface area contributed by atoms with Crippen LogP contribution in [-0.2, 0) is 31.0 Å². The molecule has 426 valence electrons. The quantitative estimate of drug-likeness (QED) is 0.0533. The number of aryl methyl sites for hydroxylation is 1. The molecule has 3 fully saturated rings. The average Bonchev–Trinajstić information content (AvgIpc) is 4.24. The lowest BCUT2D eigenvalue weighted by atomic mass is 9.85. The van der Waals surface area contributed by atoms with Crippen LogP contribution in [0.25, 0.3) is 32.6 Å². The Bertz CT molecular complexity index is 3320. The van der Waals surface area contributed by atoms with Crippen molar-refractivity contribution >= 4 is 67.3 Å². The summed E-state index contributed by atoms with van der Waals surface area (Å²) in [6.45, 7) is 13.0. The molecule has 0 saturated carbocycles. The number of thiazole rings is 1. The number of nitrogens with one attached hydrogen (secondary N) is 4. The lowest BCUT2D eigenvalue weighted by Gasteiger charge is -2.40. The molecule has 7 N–H and O–H groups in total.